The van der Waals surface area contributed by atoms with Gasteiger partial charge in [-0.05, 0) is 50.5 Å². The van der Waals surface area contributed by atoms with Crippen LogP contribution in [0.1, 0.15) is 57.2 Å². The highest BCUT2D eigenvalue weighted by Gasteiger charge is 2.22. The number of nitrogens with one attached hydrogen (secondary N) is 1. The van der Waals surface area contributed by atoms with Crippen LogP contribution in [0.2, 0.25) is 0 Å². The van der Waals surface area contributed by atoms with Gasteiger partial charge in [0.2, 0.25) is 15.9 Å². The fourth-order valence-corrected chi connectivity index (χ4v) is 4.70. The topological polar surface area (TPSA) is 166 Å². The molecular weight excluding hydrogens is 498 g/mol. The van der Waals surface area contributed by atoms with Crippen molar-refractivity contribution in [1.29, 1.82) is 5.26 Å². The molecule has 0 radical (unpaired) electrons. The maximum absolute atomic E-state index is 12.9. The van der Waals surface area contributed by atoms with Crippen molar-refractivity contribution < 1.29 is 23.4 Å². The number of rotatable bonds is 14. The van der Waals surface area contributed by atoms with Gasteiger partial charge >= 0.3 is 0 Å². The number of azo groups is 1. The number of nitriles is 1. The molecule has 11 nitrogen and oxygen atoms in total. The third-order valence-electron chi connectivity index (χ3n) is 5.75. The van der Waals surface area contributed by atoms with Crippen LogP contribution in [0.4, 0.5) is 11.4 Å². The molecule has 1 atom stereocenters. The van der Waals surface area contributed by atoms with Gasteiger partial charge in [-0.2, -0.15) is 10.4 Å². The minimum Gasteiger partial charge on any atom is -0.493 e. The van der Waals surface area contributed by atoms with Crippen molar-refractivity contribution in [3.8, 4) is 11.9 Å². The van der Waals surface area contributed by atoms with Gasteiger partial charge in [0.15, 0.2) is 5.69 Å². The van der Waals surface area contributed by atoms with Crippen molar-refractivity contribution >= 4 is 21.4 Å². The van der Waals surface area contributed by atoms with Crippen LogP contribution in [0.25, 0.3) is 0 Å². The van der Waals surface area contributed by atoms with Crippen LogP contribution in [0.3, 0.4) is 0 Å². The third-order valence-corrected chi connectivity index (χ3v) is 7.22. The number of aliphatic hydroxyl groups excluding tert-OH is 1. The summed E-state index contributed by atoms with van der Waals surface area (Å²) in [5.74, 6) is 0.145. The van der Waals surface area contributed by atoms with E-state index < -0.39 is 15.6 Å². The van der Waals surface area contributed by atoms with Crippen LogP contribution in [0.15, 0.2) is 44.2 Å². The van der Waals surface area contributed by atoms with Crippen LogP contribution < -0.4 is 10.3 Å². The molecule has 0 saturated heterocycles. The SMILES string of the molecule is Cc1c(/N=N/c2ccc(S(=O)(=O)NCCOCCO)cc2)c(O)n(C(C)CCCC(C)C)c(=O)c1C#N. The van der Waals surface area contributed by atoms with Crippen LogP contribution in [0.5, 0.6) is 5.88 Å². The Hall–Kier alpha value is -3.11. The first-order valence-corrected chi connectivity index (χ1v) is 13.6. The Balaban J connectivity index is 2.28. The fraction of sp³-hybridized carbons (Fsp3) is 0.520. The second kappa shape index (κ2) is 14.0. The second-order valence-electron chi connectivity index (χ2n) is 9.06. The average molecular weight is 534 g/mol. The minimum absolute atomic E-state index is 0.00750. The Morgan fingerprint density at radius 2 is 1.81 bits per heavy atom. The van der Waals surface area contributed by atoms with E-state index >= 15 is 0 Å². The first-order valence-electron chi connectivity index (χ1n) is 12.1. The molecule has 0 saturated carbocycles. The van der Waals surface area contributed by atoms with Crippen LogP contribution in [0, 0.1) is 24.2 Å². The van der Waals surface area contributed by atoms with Gasteiger partial charge in [0.05, 0.1) is 30.4 Å². The number of ether oxygens (including phenoxy) is 1. The van der Waals surface area contributed by atoms with Gasteiger partial charge in [-0.1, -0.05) is 26.7 Å². The Morgan fingerprint density at radius 3 is 2.41 bits per heavy atom. The summed E-state index contributed by atoms with van der Waals surface area (Å²) in [6.07, 6.45) is 2.48. The number of hydrogen-bond acceptors (Lipinski definition) is 9. The summed E-state index contributed by atoms with van der Waals surface area (Å²) < 4.78 is 33.4. The molecule has 1 aromatic heterocycles. The van der Waals surface area contributed by atoms with E-state index in [0.717, 1.165) is 12.8 Å². The van der Waals surface area contributed by atoms with E-state index in [1.54, 1.807) is 0 Å². The summed E-state index contributed by atoms with van der Waals surface area (Å²) in [5, 5.41) is 37.3. The molecule has 0 spiro atoms. The Morgan fingerprint density at radius 1 is 1.14 bits per heavy atom. The largest absolute Gasteiger partial charge is 0.493 e. The van der Waals surface area contributed by atoms with Crippen molar-refractivity contribution in [1.82, 2.24) is 9.29 Å². The molecule has 202 valence electrons. The molecule has 3 N–H and O–H groups in total. The Kier molecular flexibility index (Phi) is 11.4. The number of aromatic hydroxyl groups is 1. The predicted molar refractivity (Wildman–Crippen MR) is 139 cm³/mol. The van der Waals surface area contributed by atoms with Crippen molar-refractivity contribution in [3.63, 3.8) is 0 Å². The highest BCUT2D eigenvalue weighted by Crippen LogP contribution is 2.34. The summed E-state index contributed by atoms with van der Waals surface area (Å²) in [6.45, 7) is 7.71. The van der Waals surface area contributed by atoms with Gasteiger partial charge in [-0.15, -0.1) is 5.11 Å². The lowest BCUT2D eigenvalue weighted by Gasteiger charge is -2.19. The molecule has 2 rings (SSSR count). The normalized spacial score (nSPS) is 12.8. The summed E-state index contributed by atoms with van der Waals surface area (Å²) in [7, 11) is -3.77. The zero-order valence-corrected chi connectivity index (χ0v) is 22.5. The fourth-order valence-electron chi connectivity index (χ4n) is 3.69. The van der Waals surface area contributed by atoms with Crippen LogP contribution in [-0.4, -0.2) is 49.6 Å². The molecular formula is C25H35N5O6S. The van der Waals surface area contributed by atoms with E-state index in [1.807, 2.05) is 13.0 Å². The summed E-state index contributed by atoms with van der Waals surface area (Å²) in [5.41, 5.74) is -0.153. The standard InChI is InChI=1S/C25H35N5O6S/c1-17(2)6-5-7-18(3)30-24(32)22(16-26)19(4)23(25(30)33)29-28-20-8-10-21(11-9-20)37(34,35)27-12-14-36-15-13-31/h8-11,17-18,27,31,33H,5-7,12-15H2,1-4H3/b29-28+. The van der Waals surface area contributed by atoms with E-state index in [-0.39, 0.29) is 60.0 Å². The lowest BCUT2D eigenvalue weighted by atomic mass is 10.0. The van der Waals surface area contributed by atoms with E-state index in [9.17, 15) is 23.6 Å². The monoisotopic (exact) mass is 533 g/mol. The molecule has 0 bridgehead atoms. The van der Waals surface area contributed by atoms with Crippen LogP contribution in [-0.2, 0) is 14.8 Å². The second-order valence-corrected chi connectivity index (χ2v) is 10.8. The number of aliphatic hydroxyl groups is 1. The highest BCUT2D eigenvalue weighted by molar-refractivity contribution is 7.89. The number of aromatic nitrogens is 1. The average Bonchev–Trinajstić information content (AvgIpc) is 2.84. The van der Waals surface area contributed by atoms with Gasteiger partial charge in [0, 0.05) is 18.2 Å². The number of hydrogen-bond donors (Lipinski definition) is 3. The van der Waals surface area contributed by atoms with E-state index in [1.165, 1.54) is 35.8 Å². The molecule has 0 fully saturated rings. The van der Waals surface area contributed by atoms with E-state index in [0.29, 0.717) is 18.0 Å². The maximum Gasteiger partial charge on any atom is 0.271 e. The summed E-state index contributed by atoms with van der Waals surface area (Å²) in [4.78, 5) is 12.9. The molecule has 37 heavy (non-hydrogen) atoms. The predicted octanol–water partition coefficient (Wildman–Crippen LogP) is 3.82. The first kappa shape index (κ1) is 30.1. The highest BCUT2D eigenvalue weighted by atomic mass is 32.2. The van der Waals surface area contributed by atoms with Crippen LogP contribution >= 0.6 is 0 Å². The summed E-state index contributed by atoms with van der Waals surface area (Å²) >= 11 is 0. The zero-order chi connectivity index (χ0) is 27.6. The summed E-state index contributed by atoms with van der Waals surface area (Å²) in [6, 6.07) is 7.17. The van der Waals surface area contributed by atoms with Crippen molar-refractivity contribution in [2.75, 3.05) is 26.4 Å². The van der Waals surface area contributed by atoms with E-state index in [4.69, 9.17) is 9.84 Å². The molecule has 1 heterocycles. The van der Waals surface area contributed by atoms with Gasteiger partial charge in [0.1, 0.15) is 11.6 Å². The number of benzene rings is 1. The number of sulfonamides is 1. The quantitative estimate of drug-likeness (QED) is 0.245. The third kappa shape index (κ3) is 8.19. The van der Waals surface area contributed by atoms with Gasteiger partial charge in [0.25, 0.3) is 5.56 Å². The lowest BCUT2D eigenvalue weighted by Crippen LogP contribution is -2.27. The van der Waals surface area contributed by atoms with Gasteiger partial charge in [-0.25, -0.2) is 13.1 Å². The molecule has 1 unspecified atom stereocenters. The molecule has 0 aliphatic rings. The molecule has 0 amide bonds. The number of pyridine rings is 1. The van der Waals surface area contributed by atoms with Crippen molar-refractivity contribution in [2.24, 2.45) is 16.1 Å². The smallest absolute Gasteiger partial charge is 0.271 e. The first-order chi connectivity index (χ1) is 17.5. The lowest BCUT2D eigenvalue weighted by molar-refractivity contribution is 0.0961. The Bertz CT molecular complexity index is 1280. The molecule has 12 heteroatoms. The molecule has 0 aliphatic carbocycles. The zero-order valence-electron chi connectivity index (χ0n) is 21.6. The van der Waals surface area contributed by atoms with E-state index in [2.05, 4.69) is 28.8 Å². The minimum atomic E-state index is -3.77. The molecule has 1 aromatic carbocycles. The van der Waals surface area contributed by atoms with Crippen molar-refractivity contribution in [3.05, 3.63) is 45.7 Å². The Labute approximate surface area is 217 Å². The molecule has 0 aliphatic heterocycles. The molecule has 2 aromatic rings. The number of nitrogens with zero attached hydrogens (tertiary/aromatic N) is 4. The maximum atomic E-state index is 12.9. The van der Waals surface area contributed by atoms with Gasteiger partial charge < -0.3 is 14.9 Å². The van der Waals surface area contributed by atoms with Gasteiger partial charge in [-0.3, -0.25) is 9.36 Å². The van der Waals surface area contributed by atoms with Crippen molar-refractivity contribution in [2.45, 2.75) is 57.9 Å².